The Morgan fingerprint density at radius 2 is 1.59 bits per heavy atom. The fourth-order valence-electron chi connectivity index (χ4n) is 3.54. The molecule has 0 aliphatic carbocycles. The number of thiocarbonyl (C=S) groups is 1. The van der Waals surface area contributed by atoms with E-state index in [1.54, 1.807) is 0 Å². The Bertz CT molecular complexity index is 722. The number of nitrogen functional groups attached to an aromatic ring is 1. The molecule has 1 aliphatic rings. The standard InChI is InChI=1S/C22H30N4S/c23-19-12-13-21(26-14-8-3-1-2-4-9-15-26)20(16-19)25-22(27)24-17-18-10-6-5-7-11-18/h5-7,10-13,16H,1-4,8-9,14-15,17,23H2,(H2,24,25,27). The molecule has 0 saturated carbocycles. The van der Waals surface area contributed by atoms with Gasteiger partial charge in [-0.3, -0.25) is 0 Å². The molecule has 0 bridgehead atoms. The van der Waals surface area contributed by atoms with E-state index in [0.717, 1.165) is 24.5 Å². The highest BCUT2D eigenvalue weighted by molar-refractivity contribution is 7.80. The van der Waals surface area contributed by atoms with Crippen molar-refractivity contribution in [3.8, 4) is 0 Å². The van der Waals surface area contributed by atoms with E-state index in [-0.39, 0.29) is 0 Å². The summed E-state index contributed by atoms with van der Waals surface area (Å²) < 4.78 is 0. The van der Waals surface area contributed by atoms with Gasteiger partial charge in [0.1, 0.15) is 0 Å². The summed E-state index contributed by atoms with van der Waals surface area (Å²) in [6.07, 6.45) is 7.81. The number of rotatable bonds is 4. The van der Waals surface area contributed by atoms with Crippen LogP contribution < -0.4 is 21.3 Å². The van der Waals surface area contributed by atoms with E-state index in [9.17, 15) is 0 Å². The Balaban J connectivity index is 1.68. The lowest BCUT2D eigenvalue weighted by atomic mass is 10.1. The quantitative estimate of drug-likeness (QED) is 0.518. The Kier molecular flexibility index (Phi) is 7.34. The topological polar surface area (TPSA) is 53.3 Å². The van der Waals surface area contributed by atoms with E-state index in [4.69, 9.17) is 18.0 Å². The maximum atomic E-state index is 6.06. The van der Waals surface area contributed by atoms with Crippen LogP contribution in [0.2, 0.25) is 0 Å². The fourth-order valence-corrected chi connectivity index (χ4v) is 3.72. The molecule has 144 valence electrons. The first-order chi connectivity index (χ1) is 13.2. The molecule has 27 heavy (non-hydrogen) atoms. The van der Waals surface area contributed by atoms with E-state index in [0.29, 0.717) is 11.7 Å². The minimum atomic E-state index is 0.620. The molecule has 0 radical (unpaired) electrons. The summed E-state index contributed by atoms with van der Waals surface area (Å²) >= 11 is 5.53. The van der Waals surface area contributed by atoms with Gasteiger partial charge in [-0.25, -0.2) is 0 Å². The number of anilines is 3. The third-order valence-corrected chi connectivity index (χ3v) is 5.26. The van der Waals surface area contributed by atoms with Crippen LogP contribution in [0.15, 0.2) is 48.5 Å². The number of nitrogens with one attached hydrogen (secondary N) is 2. The van der Waals surface area contributed by atoms with E-state index in [2.05, 4.69) is 33.7 Å². The van der Waals surface area contributed by atoms with E-state index in [1.165, 1.54) is 49.8 Å². The van der Waals surface area contributed by atoms with Crippen LogP contribution in [-0.2, 0) is 6.54 Å². The first-order valence-electron chi connectivity index (χ1n) is 9.95. The number of hydrogen-bond donors (Lipinski definition) is 3. The number of nitrogens with zero attached hydrogens (tertiary/aromatic N) is 1. The van der Waals surface area contributed by atoms with Crippen LogP contribution in [0.1, 0.15) is 44.1 Å². The van der Waals surface area contributed by atoms with Gasteiger partial charge in [-0.1, -0.05) is 56.0 Å². The van der Waals surface area contributed by atoms with Gasteiger partial charge < -0.3 is 21.3 Å². The van der Waals surface area contributed by atoms with Crippen LogP contribution in [0.4, 0.5) is 17.1 Å². The average Bonchev–Trinajstić information content (AvgIpc) is 2.81. The van der Waals surface area contributed by atoms with Crippen LogP contribution >= 0.6 is 12.2 Å². The zero-order valence-electron chi connectivity index (χ0n) is 15.9. The summed E-state index contributed by atoms with van der Waals surface area (Å²) in [5.74, 6) is 0. The first-order valence-corrected chi connectivity index (χ1v) is 10.4. The molecule has 0 amide bonds. The smallest absolute Gasteiger partial charge is 0.171 e. The minimum absolute atomic E-state index is 0.620. The molecule has 0 unspecified atom stereocenters. The highest BCUT2D eigenvalue weighted by Crippen LogP contribution is 2.30. The highest BCUT2D eigenvalue weighted by atomic mass is 32.1. The largest absolute Gasteiger partial charge is 0.399 e. The van der Waals surface area contributed by atoms with Gasteiger partial charge in [0.05, 0.1) is 11.4 Å². The number of hydrogen-bond acceptors (Lipinski definition) is 3. The summed E-state index contributed by atoms with van der Waals surface area (Å²) in [6, 6.07) is 16.4. The number of benzene rings is 2. The lowest BCUT2D eigenvalue weighted by molar-refractivity contribution is 0.636. The second kappa shape index (κ2) is 10.2. The third kappa shape index (κ3) is 6.14. The minimum Gasteiger partial charge on any atom is -0.399 e. The first kappa shape index (κ1) is 19.5. The van der Waals surface area contributed by atoms with Crippen molar-refractivity contribution in [2.45, 2.75) is 45.1 Å². The SMILES string of the molecule is Nc1ccc(N2CCCCCCCC2)c(NC(=S)NCc2ccccc2)c1. The maximum Gasteiger partial charge on any atom is 0.171 e. The molecule has 0 aromatic heterocycles. The van der Waals surface area contributed by atoms with Crippen molar-refractivity contribution < 1.29 is 0 Å². The molecule has 3 rings (SSSR count). The Labute approximate surface area is 168 Å². The molecule has 2 aromatic rings. The van der Waals surface area contributed by atoms with E-state index >= 15 is 0 Å². The molecule has 4 N–H and O–H groups in total. The monoisotopic (exact) mass is 382 g/mol. The van der Waals surface area contributed by atoms with Gasteiger partial charge in [-0.05, 0) is 48.8 Å². The normalized spacial score (nSPS) is 15.3. The zero-order valence-corrected chi connectivity index (χ0v) is 16.7. The number of nitrogens with two attached hydrogens (primary N) is 1. The molecule has 1 saturated heterocycles. The predicted molar refractivity (Wildman–Crippen MR) is 120 cm³/mol. The summed E-state index contributed by atoms with van der Waals surface area (Å²) in [5, 5.41) is 7.28. The van der Waals surface area contributed by atoms with Crippen LogP contribution in [0.3, 0.4) is 0 Å². The Hall–Kier alpha value is -2.27. The summed E-state index contributed by atoms with van der Waals surface area (Å²) in [4.78, 5) is 2.48. The van der Waals surface area contributed by atoms with Gasteiger partial charge >= 0.3 is 0 Å². The third-order valence-electron chi connectivity index (χ3n) is 5.01. The van der Waals surface area contributed by atoms with E-state index in [1.807, 2.05) is 30.3 Å². The lowest BCUT2D eigenvalue weighted by Crippen LogP contribution is -2.30. The molecule has 2 aromatic carbocycles. The molecule has 0 spiro atoms. The van der Waals surface area contributed by atoms with Crippen molar-refractivity contribution in [1.82, 2.24) is 5.32 Å². The lowest BCUT2D eigenvalue weighted by Gasteiger charge is -2.27. The van der Waals surface area contributed by atoms with Gasteiger partial charge in [-0.15, -0.1) is 0 Å². The van der Waals surface area contributed by atoms with Crippen molar-refractivity contribution >= 4 is 34.4 Å². The average molecular weight is 383 g/mol. The van der Waals surface area contributed by atoms with Crippen molar-refractivity contribution in [3.05, 3.63) is 54.1 Å². The second-order valence-corrected chi connectivity index (χ2v) is 7.59. The molecule has 4 nitrogen and oxygen atoms in total. The Morgan fingerprint density at radius 3 is 2.30 bits per heavy atom. The maximum absolute atomic E-state index is 6.06. The van der Waals surface area contributed by atoms with Crippen molar-refractivity contribution in [3.63, 3.8) is 0 Å². The molecular formula is C22H30N4S. The zero-order chi connectivity index (χ0) is 18.9. The van der Waals surface area contributed by atoms with Crippen LogP contribution in [0.5, 0.6) is 0 Å². The molecule has 0 atom stereocenters. The van der Waals surface area contributed by atoms with Crippen LogP contribution in [0.25, 0.3) is 0 Å². The van der Waals surface area contributed by atoms with Gasteiger partial charge in [0.2, 0.25) is 0 Å². The van der Waals surface area contributed by atoms with Crippen molar-refractivity contribution in [2.75, 3.05) is 29.0 Å². The van der Waals surface area contributed by atoms with Crippen LogP contribution in [0, 0.1) is 0 Å². The summed E-state index contributed by atoms with van der Waals surface area (Å²) in [7, 11) is 0. The van der Waals surface area contributed by atoms with Crippen LogP contribution in [-0.4, -0.2) is 18.2 Å². The summed E-state index contributed by atoms with van der Waals surface area (Å²) in [6.45, 7) is 2.87. The van der Waals surface area contributed by atoms with Gasteiger partial charge in [-0.2, -0.15) is 0 Å². The molecule has 1 aliphatic heterocycles. The predicted octanol–water partition coefficient (Wildman–Crippen LogP) is 4.92. The van der Waals surface area contributed by atoms with Gasteiger partial charge in [0.15, 0.2) is 5.11 Å². The Morgan fingerprint density at radius 1 is 0.926 bits per heavy atom. The second-order valence-electron chi connectivity index (χ2n) is 7.18. The highest BCUT2D eigenvalue weighted by Gasteiger charge is 2.14. The molecular weight excluding hydrogens is 352 g/mol. The van der Waals surface area contributed by atoms with Gasteiger partial charge in [0, 0.05) is 25.3 Å². The van der Waals surface area contributed by atoms with E-state index < -0.39 is 0 Å². The molecule has 1 heterocycles. The van der Waals surface area contributed by atoms with Crippen molar-refractivity contribution in [1.29, 1.82) is 0 Å². The van der Waals surface area contributed by atoms with Crippen molar-refractivity contribution in [2.24, 2.45) is 0 Å². The fraction of sp³-hybridized carbons (Fsp3) is 0.409. The van der Waals surface area contributed by atoms with Gasteiger partial charge in [0.25, 0.3) is 0 Å². The molecule has 5 heteroatoms. The molecule has 1 fully saturated rings. The summed E-state index contributed by atoms with van der Waals surface area (Å²) in [5.41, 5.74) is 10.2.